The summed E-state index contributed by atoms with van der Waals surface area (Å²) in [6.07, 6.45) is 1.82. The van der Waals surface area contributed by atoms with E-state index in [1.165, 1.54) is 11.8 Å². The molecule has 0 radical (unpaired) electrons. The lowest BCUT2D eigenvalue weighted by atomic mass is 10.2. The number of nitrogens with two attached hydrogens (primary N) is 2. The van der Waals surface area contributed by atoms with E-state index in [0.29, 0.717) is 20.0 Å². The first kappa shape index (κ1) is 14.4. The van der Waals surface area contributed by atoms with Gasteiger partial charge in [-0.25, -0.2) is 9.78 Å². The number of nitriles is 1. The average Bonchev–Trinajstić information content (AvgIpc) is 2.74. The van der Waals surface area contributed by atoms with E-state index in [9.17, 15) is 4.79 Å². The third-order valence-electron chi connectivity index (χ3n) is 2.64. The molecule has 104 valence electrons. The van der Waals surface area contributed by atoms with E-state index in [1.54, 1.807) is 6.92 Å². The van der Waals surface area contributed by atoms with Crippen molar-refractivity contribution in [2.75, 3.05) is 24.3 Å². The zero-order valence-electron chi connectivity index (χ0n) is 10.9. The van der Waals surface area contributed by atoms with Crippen LogP contribution >= 0.6 is 23.1 Å². The zero-order chi connectivity index (χ0) is 14.9. The highest BCUT2D eigenvalue weighted by Gasteiger charge is 2.23. The Morgan fingerprint density at radius 2 is 2.25 bits per heavy atom. The second kappa shape index (κ2) is 5.56. The molecule has 6 nitrogen and oxygen atoms in total. The van der Waals surface area contributed by atoms with E-state index >= 15 is 0 Å². The molecule has 0 saturated heterocycles. The number of aromatic nitrogens is 1. The molecule has 0 aromatic carbocycles. The predicted molar refractivity (Wildman–Crippen MR) is 80.9 cm³/mol. The molecule has 0 fully saturated rings. The maximum Gasteiger partial charge on any atom is 0.350 e. The fourth-order valence-electron chi connectivity index (χ4n) is 1.80. The molecule has 0 spiro atoms. The monoisotopic (exact) mass is 308 g/mol. The van der Waals surface area contributed by atoms with Crippen LogP contribution in [0.15, 0.2) is 4.90 Å². The number of ether oxygens (including phenoxy) is 1. The summed E-state index contributed by atoms with van der Waals surface area (Å²) >= 11 is 2.47. The Morgan fingerprint density at radius 3 is 2.80 bits per heavy atom. The normalized spacial score (nSPS) is 10.4. The maximum atomic E-state index is 11.9. The molecule has 2 aromatic rings. The minimum Gasteiger partial charge on any atom is -0.462 e. The SMILES string of the molecule is CCOC(=O)c1sc2nc(N)c(C#N)c(SC)c2c1N. The van der Waals surface area contributed by atoms with Gasteiger partial charge in [0, 0.05) is 4.90 Å². The van der Waals surface area contributed by atoms with Crippen LogP contribution in [0.2, 0.25) is 0 Å². The van der Waals surface area contributed by atoms with Crippen LogP contribution in [0.5, 0.6) is 0 Å². The molecule has 0 bridgehead atoms. The Balaban J connectivity index is 2.79. The number of nitrogens with zero attached hydrogens (tertiary/aromatic N) is 2. The van der Waals surface area contributed by atoms with Gasteiger partial charge in [0.1, 0.15) is 27.2 Å². The lowest BCUT2D eigenvalue weighted by Crippen LogP contribution is -2.05. The minimum absolute atomic E-state index is 0.140. The lowest BCUT2D eigenvalue weighted by molar-refractivity contribution is 0.0533. The molecule has 2 heterocycles. The standard InChI is InChI=1S/C12H12N4O2S2/c1-3-18-12(17)9-7(14)6-8(19-2)5(4-13)10(15)16-11(6)20-9/h3,14H2,1-2H3,(H2,15,16). The molecule has 0 unspecified atom stereocenters. The van der Waals surface area contributed by atoms with Gasteiger partial charge in [-0.15, -0.1) is 23.1 Å². The Hall–Kier alpha value is -1.98. The molecule has 2 rings (SSSR count). The van der Waals surface area contributed by atoms with Gasteiger partial charge in [-0.3, -0.25) is 0 Å². The molecular weight excluding hydrogens is 296 g/mol. The zero-order valence-corrected chi connectivity index (χ0v) is 12.5. The second-order valence-electron chi connectivity index (χ2n) is 3.76. The third-order valence-corrected chi connectivity index (χ3v) is 4.53. The summed E-state index contributed by atoms with van der Waals surface area (Å²) in [6, 6.07) is 2.02. The van der Waals surface area contributed by atoms with Crippen LogP contribution in [-0.2, 0) is 4.74 Å². The molecule has 20 heavy (non-hydrogen) atoms. The number of carbonyl (C=O) groups excluding carboxylic acids is 1. The maximum absolute atomic E-state index is 11.9. The number of nitrogen functional groups attached to an aromatic ring is 2. The van der Waals surface area contributed by atoms with Crippen LogP contribution in [0, 0.1) is 11.3 Å². The molecule has 0 atom stereocenters. The summed E-state index contributed by atoms with van der Waals surface area (Å²) in [5, 5.41) is 9.76. The third kappa shape index (κ3) is 2.15. The number of pyridine rings is 1. The van der Waals surface area contributed by atoms with Gasteiger partial charge < -0.3 is 16.2 Å². The van der Waals surface area contributed by atoms with Gasteiger partial charge in [-0.1, -0.05) is 0 Å². The van der Waals surface area contributed by atoms with Gasteiger partial charge in [0.2, 0.25) is 0 Å². The molecule has 0 aliphatic heterocycles. The molecule has 0 saturated carbocycles. The topological polar surface area (TPSA) is 115 Å². The van der Waals surface area contributed by atoms with Gasteiger partial charge in [-0.05, 0) is 13.2 Å². The average molecular weight is 308 g/mol. The molecular formula is C12H12N4O2S2. The van der Waals surface area contributed by atoms with Gasteiger partial charge >= 0.3 is 5.97 Å². The quantitative estimate of drug-likeness (QED) is 0.659. The molecule has 4 N–H and O–H groups in total. The number of rotatable bonds is 3. The number of thiophene rings is 1. The summed E-state index contributed by atoms with van der Waals surface area (Å²) < 4.78 is 4.96. The highest BCUT2D eigenvalue weighted by Crippen LogP contribution is 2.41. The number of fused-ring (bicyclic) bond motifs is 1. The summed E-state index contributed by atoms with van der Waals surface area (Å²) in [5.74, 6) is -0.349. The molecule has 8 heteroatoms. The first-order chi connectivity index (χ1) is 9.54. The fraction of sp³-hybridized carbons (Fsp3) is 0.250. The van der Waals surface area contributed by atoms with E-state index < -0.39 is 5.97 Å². The van der Waals surface area contributed by atoms with Crippen LogP contribution in [0.3, 0.4) is 0 Å². The number of hydrogen-bond acceptors (Lipinski definition) is 8. The van der Waals surface area contributed by atoms with Crippen molar-refractivity contribution in [3.63, 3.8) is 0 Å². The highest BCUT2D eigenvalue weighted by atomic mass is 32.2. The smallest absolute Gasteiger partial charge is 0.350 e. The Morgan fingerprint density at radius 1 is 1.55 bits per heavy atom. The fourth-order valence-corrected chi connectivity index (χ4v) is 3.63. The first-order valence-corrected chi connectivity index (χ1v) is 7.71. The Bertz CT molecular complexity index is 733. The summed E-state index contributed by atoms with van der Waals surface area (Å²) in [7, 11) is 0. The second-order valence-corrected chi connectivity index (χ2v) is 5.58. The van der Waals surface area contributed by atoms with Crippen LogP contribution < -0.4 is 11.5 Å². The van der Waals surface area contributed by atoms with Crippen molar-refractivity contribution in [1.29, 1.82) is 5.26 Å². The number of esters is 1. The van der Waals surface area contributed by atoms with Crippen molar-refractivity contribution >= 4 is 50.8 Å². The van der Waals surface area contributed by atoms with Gasteiger partial charge in [0.25, 0.3) is 0 Å². The highest BCUT2D eigenvalue weighted by molar-refractivity contribution is 7.99. The van der Waals surface area contributed by atoms with E-state index in [4.69, 9.17) is 21.5 Å². The molecule has 0 amide bonds. The van der Waals surface area contributed by atoms with Crippen molar-refractivity contribution in [1.82, 2.24) is 4.98 Å². The van der Waals surface area contributed by atoms with Crippen molar-refractivity contribution in [3.05, 3.63) is 10.4 Å². The van der Waals surface area contributed by atoms with Crippen LogP contribution in [0.1, 0.15) is 22.2 Å². The van der Waals surface area contributed by atoms with Crippen LogP contribution in [-0.4, -0.2) is 23.8 Å². The van der Waals surface area contributed by atoms with Crippen molar-refractivity contribution < 1.29 is 9.53 Å². The number of carbonyl (C=O) groups is 1. The Kier molecular flexibility index (Phi) is 4.01. The summed E-state index contributed by atoms with van der Waals surface area (Å²) in [6.45, 7) is 1.99. The largest absolute Gasteiger partial charge is 0.462 e. The van der Waals surface area contributed by atoms with Crippen molar-refractivity contribution in [2.24, 2.45) is 0 Å². The molecule has 2 aromatic heterocycles. The number of anilines is 2. The van der Waals surface area contributed by atoms with E-state index in [-0.39, 0.29) is 23.7 Å². The number of thioether (sulfide) groups is 1. The van der Waals surface area contributed by atoms with Gasteiger partial charge in [-0.2, -0.15) is 5.26 Å². The van der Waals surface area contributed by atoms with E-state index in [2.05, 4.69) is 4.98 Å². The van der Waals surface area contributed by atoms with Crippen LogP contribution in [0.25, 0.3) is 10.2 Å². The lowest BCUT2D eigenvalue weighted by Gasteiger charge is -2.05. The van der Waals surface area contributed by atoms with Crippen molar-refractivity contribution in [2.45, 2.75) is 11.8 Å². The summed E-state index contributed by atoms with van der Waals surface area (Å²) in [5.41, 5.74) is 12.4. The van der Waals surface area contributed by atoms with E-state index in [0.717, 1.165) is 11.3 Å². The Labute approximate surface area is 123 Å². The number of hydrogen-bond donors (Lipinski definition) is 2. The molecule has 0 aliphatic rings. The molecule has 0 aliphatic carbocycles. The van der Waals surface area contributed by atoms with Crippen LogP contribution in [0.4, 0.5) is 11.5 Å². The van der Waals surface area contributed by atoms with E-state index in [1.807, 2.05) is 12.3 Å². The van der Waals surface area contributed by atoms with Gasteiger partial charge in [0.15, 0.2) is 0 Å². The first-order valence-electron chi connectivity index (χ1n) is 5.67. The van der Waals surface area contributed by atoms with Gasteiger partial charge in [0.05, 0.1) is 17.7 Å². The predicted octanol–water partition coefficient (Wildman–Crippen LogP) is 2.23. The minimum atomic E-state index is -0.489. The van der Waals surface area contributed by atoms with Crippen molar-refractivity contribution in [3.8, 4) is 6.07 Å². The summed E-state index contributed by atoms with van der Waals surface area (Å²) in [4.78, 5) is 17.5.